The number of nitrogens with one attached hydrogen (secondary N) is 1. The van der Waals surface area contributed by atoms with Crippen LogP contribution in [-0.2, 0) is 0 Å². The Morgan fingerprint density at radius 2 is 2.00 bits per heavy atom. The average molecular weight is 309 g/mol. The smallest absolute Gasteiger partial charge is 0.270 e. The van der Waals surface area contributed by atoms with E-state index in [9.17, 15) is 19.3 Å². The molecule has 0 saturated heterocycles. The maximum Gasteiger partial charge on any atom is 0.270 e. The Balaban J connectivity index is 2.34. The molecule has 0 radical (unpaired) electrons. The summed E-state index contributed by atoms with van der Waals surface area (Å²) in [6, 6.07) is 7.50. The molecule has 0 heterocycles. The van der Waals surface area contributed by atoms with Crippen LogP contribution in [0.15, 0.2) is 36.4 Å². The third-order valence-corrected chi connectivity index (χ3v) is 3.18. The van der Waals surface area contributed by atoms with Crippen molar-refractivity contribution in [2.24, 2.45) is 0 Å². The van der Waals surface area contributed by atoms with Gasteiger partial charge in [0, 0.05) is 17.8 Å². The molecule has 2 aromatic carbocycles. The summed E-state index contributed by atoms with van der Waals surface area (Å²) in [5, 5.41) is 13.3. The van der Waals surface area contributed by atoms with Gasteiger partial charge in [-0.2, -0.15) is 0 Å². The number of non-ortho nitro benzene ring substituents is 1. The molecule has 0 unspecified atom stereocenters. The lowest BCUT2D eigenvalue weighted by Gasteiger charge is -2.09. The second kappa shape index (κ2) is 5.88. The molecular formula is C14H10ClFN2O3. The molecule has 1 N–H and O–H groups in total. The van der Waals surface area contributed by atoms with Gasteiger partial charge in [-0.1, -0.05) is 17.7 Å². The zero-order valence-electron chi connectivity index (χ0n) is 10.9. The zero-order valence-corrected chi connectivity index (χ0v) is 11.6. The van der Waals surface area contributed by atoms with Crippen LogP contribution in [0.3, 0.4) is 0 Å². The molecule has 2 aromatic rings. The third kappa shape index (κ3) is 3.35. The van der Waals surface area contributed by atoms with Gasteiger partial charge in [-0.05, 0) is 30.7 Å². The van der Waals surface area contributed by atoms with E-state index >= 15 is 0 Å². The zero-order chi connectivity index (χ0) is 15.6. The molecule has 0 aliphatic carbocycles. The minimum Gasteiger partial charge on any atom is -0.322 e. The monoisotopic (exact) mass is 308 g/mol. The largest absolute Gasteiger partial charge is 0.322 e. The molecule has 2 rings (SSSR count). The van der Waals surface area contributed by atoms with E-state index in [4.69, 9.17) is 11.6 Å². The summed E-state index contributed by atoms with van der Waals surface area (Å²) in [5.74, 6) is -1.14. The van der Waals surface area contributed by atoms with Gasteiger partial charge in [-0.15, -0.1) is 0 Å². The number of nitro benzene ring substituents is 1. The summed E-state index contributed by atoms with van der Waals surface area (Å²) in [5.41, 5.74) is 0.643. The molecule has 0 aliphatic heterocycles. The van der Waals surface area contributed by atoms with Gasteiger partial charge >= 0.3 is 0 Å². The Labute approximate surface area is 124 Å². The van der Waals surface area contributed by atoms with E-state index in [1.165, 1.54) is 30.3 Å². The maximum atomic E-state index is 13.2. The van der Waals surface area contributed by atoms with Crippen molar-refractivity contribution < 1.29 is 14.1 Å². The maximum absolute atomic E-state index is 13.2. The van der Waals surface area contributed by atoms with Gasteiger partial charge in [0.2, 0.25) is 0 Å². The first-order valence-corrected chi connectivity index (χ1v) is 6.27. The lowest BCUT2D eigenvalue weighted by molar-refractivity contribution is -0.384. The van der Waals surface area contributed by atoms with Gasteiger partial charge < -0.3 is 5.32 Å². The van der Waals surface area contributed by atoms with Crippen LogP contribution >= 0.6 is 11.6 Å². The predicted octanol–water partition coefficient (Wildman–Crippen LogP) is 3.95. The molecule has 0 atom stereocenters. The van der Waals surface area contributed by atoms with E-state index in [0.29, 0.717) is 5.56 Å². The SMILES string of the molecule is Cc1ccc(F)cc1NC(=O)c1cc([N+](=O)[O-])ccc1Cl. The number of hydrogen-bond donors (Lipinski definition) is 1. The molecule has 0 fully saturated rings. The Morgan fingerprint density at radius 3 is 2.67 bits per heavy atom. The summed E-state index contributed by atoms with van der Waals surface area (Å²) in [6.45, 7) is 1.70. The van der Waals surface area contributed by atoms with Gasteiger partial charge in [0.15, 0.2) is 0 Å². The normalized spacial score (nSPS) is 10.2. The van der Waals surface area contributed by atoms with E-state index in [-0.39, 0.29) is 22.0 Å². The first kappa shape index (κ1) is 14.9. The van der Waals surface area contributed by atoms with E-state index in [0.717, 1.165) is 6.07 Å². The first-order valence-electron chi connectivity index (χ1n) is 5.90. The molecule has 0 bridgehead atoms. The van der Waals surface area contributed by atoms with Crippen molar-refractivity contribution in [2.75, 3.05) is 5.32 Å². The van der Waals surface area contributed by atoms with Gasteiger partial charge in [-0.3, -0.25) is 14.9 Å². The molecule has 5 nitrogen and oxygen atoms in total. The quantitative estimate of drug-likeness (QED) is 0.689. The van der Waals surface area contributed by atoms with Crippen LogP contribution in [0.25, 0.3) is 0 Å². The predicted molar refractivity (Wildman–Crippen MR) is 77.2 cm³/mol. The number of rotatable bonds is 3. The third-order valence-electron chi connectivity index (χ3n) is 2.85. The number of anilines is 1. The van der Waals surface area contributed by atoms with Crippen LogP contribution in [-0.4, -0.2) is 10.8 Å². The van der Waals surface area contributed by atoms with Gasteiger partial charge in [-0.25, -0.2) is 4.39 Å². The van der Waals surface area contributed by atoms with Crippen LogP contribution < -0.4 is 5.32 Å². The number of nitro groups is 1. The molecule has 0 aromatic heterocycles. The lowest BCUT2D eigenvalue weighted by atomic mass is 10.1. The molecule has 0 aliphatic rings. The number of benzene rings is 2. The number of hydrogen-bond acceptors (Lipinski definition) is 3. The second-order valence-corrected chi connectivity index (χ2v) is 4.74. The van der Waals surface area contributed by atoms with E-state index in [1.807, 2.05) is 0 Å². The Bertz CT molecular complexity index is 734. The second-order valence-electron chi connectivity index (χ2n) is 4.33. The van der Waals surface area contributed by atoms with Crippen LogP contribution in [0.5, 0.6) is 0 Å². The van der Waals surface area contributed by atoms with E-state index in [1.54, 1.807) is 6.92 Å². The van der Waals surface area contributed by atoms with Crippen LogP contribution in [0, 0.1) is 22.9 Å². The molecule has 7 heteroatoms. The first-order chi connectivity index (χ1) is 9.88. The summed E-state index contributed by atoms with van der Waals surface area (Å²) in [4.78, 5) is 22.2. The number of aryl methyl sites for hydroxylation is 1. The molecular weight excluding hydrogens is 299 g/mol. The summed E-state index contributed by atoms with van der Waals surface area (Å²) < 4.78 is 13.2. The van der Waals surface area contributed by atoms with Gasteiger partial charge in [0.1, 0.15) is 5.82 Å². The summed E-state index contributed by atoms with van der Waals surface area (Å²) >= 11 is 5.88. The van der Waals surface area contributed by atoms with Crippen LogP contribution in [0.2, 0.25) is 5.02 Å². The molecule has 0 saturated carbocycles. The van der Waals surface area contributed by atoms with E-state index < -0.39 is 16.6 Å². The number of carbonyl (C=O) groups excluding carboxylic acids is 1. The van der Waals surface area contributed by atoms with E-state index in [2.05, 4.69) is 5.32 Å². The minimum atomic E-state index is -0.641. The fraction of sp³-hybridized carbons (Fsp3) is 0.0714. The summed E-state index contributed by atoms with van der Waals surface area (Å²) in [7, 11) is 0. The molecule has 0 spiro atoms. The topological polar surface area (TPSA) is 72.2 Å². The van der Waals surface area contributed by atoms with Crippen LogP contribution in [0.4, 0.5) is 15.8 Å². The fourth-order valence-corrected chi connectivity index (χ4v) is 1.92. The van der Waals surface area contributed by atoms with Crippen molar-refractivity contribution >= 4 is 28.9 Å². The van der Waals surface area contributed by atoms with Crippen LogP contribution in [0.1, 0.15) is 15.9 Å². The molecule has 108 valence electrons. The highest BCUT2D eigenvalue weighted by atomic mass is 35.5. The average Bonchev–Trinajstić information content (AvgIpc) is 2.43. The number of nitrogens with zero attached hydrogens (tertiary/aromatic N) is 1. The van der Waals surface area contributed by atoms with Crippen molar-refractivity contribution in [3.63, 3.8) is 0 Å². The lowest BCUT2D eigenvalue weighted by Crippen LogP contribution is -2.13. The van der Waals surface area contributed by atoms with Crippen molar-refractivity contribution in [1.82, 2.24) is 0 Å². The highest BCUT2D eigenvalue weighted by molar-refractivity contribution is 6.34. The fourth-order valence-electron chi connectivity index (χ4n) is 1.72. The molecule has 1 amide bonds. The Hall–Kier alpha value is -2.47. The minimum absolute atomic E-state index is 0.0467. The van der Waals surface area contributed by atoms with Crippen molar-refractivity contribution in [1.29, 1.82) is 0 Å². The molecule has 21 heavy (non-hydrogen) atoms. The highest BCUT2D eigenvalue weighted by Gasteiger charge is 2.16. The number of carbonyl (C=O) groups is 1. The highest BCUT2D eigenvalue weighted by Crippen LogP contribution is 2.24. The van der Waals surface area contributed by atoms with Gasteiger partial charge in [0.25, 0.3) is 11.6 Å². The summed E-state index contributed by atoms with van der Waals surface area (Å²) in [6.07, 6.45) is 0. The number of halogens is 2. The van der Waals surface area contributed by atoms with Crippen molar-refractivity contribution in [2.45, 2.75) is 6.92 Å². The Morgan fingerprint density at radius 1 is 1.29 bits per heavy atom. The Kier molecular flexibility index (Phi) is 4.18. The standard InChI is InChI=1S/C14H10ClFN2O3/c1-8-2-3-9(16)6-13(8)17-14(19)11-7-10(18(20)21)4-5-12(11)15/h2-7H,1H3,(H,17,19). The van der Waals surface area contributed by atoms with Crippen molar-refractivity contribution in [3.8, 4) is 0 Å². The van der Waals surface area contributed by atoms with Gasteiger partial charge in [0.05, 0.1) is 15.5 Å². The number of amides is 1. The van der Waals surface area contributed by atoms with Crippen molar-refractivity contribution in [3.05, 3.63) is 68.5 Å².